The summed E-state index contributed by atoms with van der Waals surface area (Å²) < 4.78 is 18.2. The first-order valence-corrected chi connectivity index (χ1v) is 7.27. The molecule has 0 saturated heterocycles. The van der Waals surface area contributed by atoms with Crippen LogP contribution >= 0.6 is 0 Å². The van der Waals surface area contributed by atoms with E-state index in [1.165, 1.54) is 35.5 Å². The minimum Gasteiger partial charge on any atom is -0.467 e. The van der Waals surface area contributed by atoms with Crippen LogP contribution < -0.4 is 16.1 Å². The van der Waals surface area contributed by atoms with Crippen molar-refractivity contribution in [3.05, 3.63) is 54.2 Å². The van der Waals surface area contributed by atoms with Gasteiger partial charge in [-0.2, -0.15) is 5.10 Å². The SMILES string of the molecule is NC(=O)[C@@H]1CC(C(=O)NCc2ccco2)=NN1c1ccc(F)cc1. The Bertz CT molecular complexity index is 771. The minimum absolute atomic E-state index is 0.0801. The lowest BCUT2D eigenvalue weighted by Gasteiger charge is -2.20. The fourth-order valence-electron chi connectivity index (χ4n) is 2.38. The Morgan fingerprint density at radius 1 is 1.33 bits per heavy atom. The van der Waals surface area contributed by atoms with Crippen molar-refractivity contribution in [1.82, 2.24) is 5.32 Å². The van der Waals surface area contributed by atoms with Gasteiger partial charge < -0.3 is 15.5 Å². The molecule has 2 heterocycles. The number of anilines is 1. The van der Waals surface area contributed by atoms with Crippen molar-refractivity contribution in [2.45, 2.75) is 19.0 Å². The van der Waals surface area contributed by atoms with Gasteiger partial charge in [0.1, 0.15) is 23.3 Å². The van der Waals surface area contributed by atoms with Crippen LogP contribution in [0.1, 0.15) is 12.2 Å². The van der Waals surface area contributed by atoms with Gasteiger partial charge >= 0.3 is 0 Å². The average Bonchev–Trinajstić information content (AvgIpc) is 3.23. The summed E-state index contributed by atoms with van der Waals surface area (Å²) in [5, 5.41) is 8.18. The highest BCUT2D eigenvalue weighted by Crippen LogP contribution is 2.24. The van der Waals surface area contributed by atoms with Crippen molar-refractivity contribution in [2.24, 2.45) is 10.8 Å². The number of carbonyl (C=O) groups excluding carboxylic acids is 2. The first-order chi connectivity index (χ1) is 11.5. The van der Waals surface area contributed by atoms with Crippen molar-refractivity contribution in [3.8, 4) is 0 Å². The highest BCUT2D eigenvalue weighted by Gasteiger charge is 2.34. The largest absolute Gasteiger partial charge is 0.467 e. The zero-order valence-corrected chi connectivity index (χ0v) is 12.6. The number of primary amides is 1. The summed E-state index contributed by atoms with van der Waals surface area (Å²) >= 11 is 0. The Balaban J connectivity index is 1.75. The van der Waals surface area contributed by atoms with Crippen LogP contribution in [0.5, 0.6) is 0 Å². The molecule has 0 fully saturated rings. The van der Waals surface area contributed by atoms with Crippen LogP contribution in [0.2, 0.25) is 0 Å². The maximum atomic E-state index is 13.1. The van der Waals surface area contributed by atoms with Crippen molar-refractivity contribution in [1.29, 1.82) is 0 Å². The van der Waals surface area contributed by atoms with E-state index in [1.54, 1.807) is 12.1 Å². The van der Waals surface area contributed by atoms with E-state index in [4.69, 9.17) is 10.2 Å². The summed E-state index contributed by atoms with van der Waals surface area (Å²) in [7, 11) is 0. The molecule has 0 spiro atoms. The second-order valence-corrected chi connectivity index (χ2v) is 5.25. The number of rotatable bonds is 5. The Labute approximate surface area is 136 Å². The molecule has 3 rings (SSSR count). The molecule has 0 bridgehead atoms. The van der Waals surface area contributed by atoms with Gasteiger partial charge in [-0.15, -0.1) is 0 Å². The van der Waals surface area contributed by atoms with Crippen LogP contribution in [0.3, 0.4) is 0 Å². The number of nitrogens with one attached hydrogen (secondary N) is 1. The first kappa shape index (κ1) is 15.7. The van der Waals surface area contributed by atoms with Crippen molar-refractivity contribution in [2.75, 3.05) is 5.01 Å². The molecule has 1 aliphatic heterocycles. The Hall–Kier alpha value is -3.16. The van der Waals surface area contributed by atoms with Gasteiger partial charge in [0.15, 0.2) is 0 Å². The summed E-state index contributed by atoms with van der Waals surface area (Å²) in [6, 6.07) is 8.09. The molecule has 0 aliphatic carbocycles. The highest BCUT2D eigenvalue weighted by atomic mass is 19.1. The van der Waals surface area contributed by atoms with E-state index in [-0.39, 0.29) is 18.7 Å². The van der Waals surface area contributed by atoms with E-state index in [0.29, 0.717) is 11.4 Å². The van der Waals surface area contributed by atoms with Crippen LogP contribution in [0, 0.1) is 5.82 Å². The van der Waals surface area contributed by atoms with E-state index < -0.39 is 23.7 Å². The Kier molecular flexibility index (Phi) is 4.28. The number of amides is 2. The molecule has 2 aromatic rings. The molecule has 24 heavy (non-hydrogen) atoms. The normalized spacial score (nSPS) is 16.8. The quantitative estimate of drug-likeness (QED) is 0.859. The van der Waals surface area contributed by atoms with E-state index in [2.05, 4.69) is 10.4 Å². The second kappa shape index (κ2) is 6.53. The van der Waals surface area contributed by atoms with Crippen LogP contribution in [-0.4, -0.2) is 23.6 Å². The smallest absolute Gasteiger partial charge is 0.267 e. The molecule has 8 heteroatoms. The van der Waals surface area contributed by atoms with Gasteiger partial charge in [-0.25, -0.2) is 4.39 Å². The van der Waals surface area contributed by atoms with Gasteiger partial charge in [-0.1, -0.05) is 0 Å². The molecule has 1 aromatic carbocycles. The number of benzene rings is 1. The van der Waals surface area contributed by atoms with Gasteiger partial charge in [-0.05, 0) is 36.4 Å². The van der Waals surface area contributed by atoms with Crippen molar-refractivity contribution >= 4 is 23.2 Å². The molecule has 0 saturated carbocycles. The first-order valence-electron chi connectivity index (χ1n) is 7.27. The van der Waals surface area contributed by atoms with Gasteiger partial charge in [0.05, 0.1) is 18.5 Å². The zero-order valence-electron chi connectivity index (χ0n) is 12.6. The van der Waals surface area contributed by atoms with Crippen molar-refractivity contribution < 1.29 is 18.4 Å². The number of hydrogen-bond acceptors (Lipinski definition) is 5. The highest BCUT2D eigenvalue weighted by molar-refractivity contribution is 6.40. The summed E-state index contributed by atoms with van der Waals surface area (Å²) in [5.74, 6) is -0.836. The molecule has 1 atom stereocenters. The van der Waals surface area contributed by atoms with E-state index in [1.807, 2.05) is 0 Å². The van der Waals surface area contributed by atoms with Crippen LogP contribution in [0.25, 0.3) is 0 Å². The topological polar surface area (TPSA) is 101 Å². The molecule has 1 aliphatic rings. The number of nitrogens with two attached hydrogens (primary N) is 1. The third-order valence-electron chi connectivity index (χ3n) is 3.60. The molecular weight excluding hydrogens is 315 g/mol. The number of hydrogen-bond donors (Lipinski definition) is 2. The standard InChI is InChI=1S/C16H15FN4O3/c17-10-3-5-11(6-4-10)21-14(15(18)22)8-13(20-21)16(23)19-9-12-2-1-7-24-12/h1-7,14H,8-9H2,(H2,18,22)(H,19,23)/t14-/m0/s1. The Morgan fingerprint density at radius 3 is 2.71 bits per heavy atom. The monoisotopic (exact) mass is 330 g/mol. The third kappa shape index (κ3) is 3.27. The number of nitrogens with zero attached hydrogens (tertiary/aromatic N) is 2. The lowest BCUT2D eigenvalue weighted by atomic mass is 10.1. The van der Waals surface area contributed by atoms with Gasteiger partial charge in [0, 0.05) is 6.42 Å². The van der Waals surface area contributed by atoms with Crippen LogP contribution in [0.15, 0.2) is 52.2 Å². The Morgan fingerprint density at radius 2 is 2.08 bits per heavy atom. The zero-order chi connectivity index (χ0) is 17.1. The van der Waals surface area contributed by atoms with Crippen LogP contribution in [0.4, 0.5) is 10.1 Å². The molecule has 7 nitrogen and oxygen atoms in total. The lowest BCUT2D eigenvalue weighted by molar-refractivity contribution is -0.119. The number of furan rings is 1. The molecule has 0 radical (unpaired) electrons. The predicted octanol–water partition coefficient (Wildman–Crippen LogP) is 1.16. The molecule has 1 aromatic heterocycles. The van der Waals surface area contributed by atoms with E-state index >= 15 is 0 Å². The maximum absolute atomic E-state index is 13.1. The predicted molar refractivity (Wildman–Crippen MR) is 84.5 cm³/mol. The second-order valence-electron chi connectivity index (χ2n) is 5.25. The van der Waals surface area contributed by atoms with Gasteiger partial charge in [0.2, 0.25) is 5.91 Å². The van der Waals surface area contributed by atoms with Crippen LogP contribution in [-0.2, 0) is 16.1 Å². The van der Waals surface area contributed by atoms with Gasteiger partial charge in [0.25, 0.3) is 5.91 Å². The maximum Gasteiger partial charge on any atom is 0.267 e. The van der Waals surface area contributed by atoms with E-state index in [0.717, 1.165) is 0 Å². The number of halogens is 1. The summed E-state index contributed by atoms with van der Waals surface area (Å²) in [6.45, 7) is 0.211. The fourth-order valence-corrected chi connectivity index (χ4v) is 2.38. The molecule has 0 unspecified atom stereocenters. The fraction of sp³-hybridized carbons (Fsp3) is 0.188. The molecule has 124 valence electrons. The summed E-state index contributed by atoms with van der Waals surface area (Å²) in [4.78, 5) is 23.9. The lowest BCUT2D eigenvalue weighted by Crippen LogP contribution is -2.39. The summed E-state index contributed by atoms with van der Waals surface area (Å²) in [6.07, 6.45) is 1.59. The number of carbonyl (C=O) groups is 2. The van der Waals surface area contributed by atoms with E-state index in [9.17, 15) is 14.0 Å². The van der Waals surface area contributed by atoms with Gasteiger partial charge in [-0.3, -0.25) is 14.6 Å². The summed E-state index contributed by atoms with van der Waals surface area (Å²) in [5.41, 5.74) is 6.05. The molecule has 2 amide bonds. The van der Waals surface area contributed by atoms with Crippen molar-refractivity contribution in [3.63, 3.8) is 0 Å². The third-order valence-corrected chi connectivity index (χ3v) is 3.60. The molecule has 3 N–H and O–H groups in total. The number of hydrazone groups is 1. The molecular formula is C16H15FN4O3. The minimum atomic E-state index is -0.792. The average molecular weight is 330 g/mol.